The molecule has 3 N–H and O–H groups in total. The summed E-state index contributed by atoms with van der Waals surface area (Å²) in [7, 11) is 0. The molecular weight excluding hydrogens is 1510 g/mol. The molecule has 1 amide bonds. The summed E-state index contributed by atoms with van der Waals surface area (Å²) in [5.74, 6) is 2.42. The number of anilines is 6. The molecule has 8 aliphatic heterocycles. The molecule has 568 valence electrons. The van der Waals surface area contributed by atoms with Crippen molar-refractivity contribution in [1.29, 1.82) is 15.8 Å². The number of nitrogens with zero attached hydrogens (tertiary/aromatic N) is 20. The Morgan fingerprint density at radius 3 is 1.35 bits per heavy atom. The molecule has 28 heteroatoms. The molecule has 8 aliphatic rings. The lowest BCUT2D eigenvalue weighted by Crippen LogP contribution is -2.65. The van der Waals surface area contributed by atoms with Crippen LogP contribution in [0.5, 0.6) is 0 Å². The van der Waals surface area contributed by atoms with Gasteiger partial charge in [0, 0.05) is 272 Å². The maximum absolute atomic E-state index is 12.0. The Morgan fingerprint density at radius 2 is 0.890 bits per heavy atom. The lowest BCUT2D eigenvalue weighted by Gasteiger charge is -2.51. The molecule has 109 heavy (non-hydrogen) atoms. The van der Waals surface area contributed by atoms with Gasteiger partial charge in [-0.25, -0.2) is 19.7 Å². The molecule has 0 spiro atoms. The van der Waals surface area contributed by atoms with Gasteiger partial charge in [0.1, 0.15) is 35.4 Å². The normalized spacial score (nSPS) is 21.7. The number of piperazine rings is 8. The van der Waals surface area contributed by atoms with Gasteiger partial charge in [0.15, 0.2) is 0 Å². The predicted molar refractivity (Wildman–Crippen MR) is 435 cm³/mol. The van der Waals surface area contributed by atoms with Crippen molar-refractivity contribution < 1.29 is 13.9 Å². The summed E-state index contributed by atoms with van der Waals surface area (Å²) in [6.07, 6.45) is 10.3. The number of fused-ring (bicyclic) bond motifs is 6. The van der Waals surface area contributed by atoms with Crippen LogP contribution in [0.25, 0.3) is 32.7 Å². The summed E-state index contributed by atoms with van der Waals surface area (Å²) in [6.45, 7) is 34.7. The highest BCUT2D eigenvalue weighted by atomic mass is 79.9. The lowest BCUT2D eigenvalue weighted by molar-refractivity contribution is 0.0228. The van der Waals surface area contributed by atoms with E-state index in [0.29, 0.717) is 57.4 Å². The van der Waals surface area contributed by atoms with Crippen LogP contribution in [0.3, 0.4) is 0 Å². The van der Waals surface area contributed by atoms with Crippen molar-refractivity contribution in [2.75, 3.05) is 180 Å². The van der Waals surface area contributed by atoms with Crippen molar-refractivity contribution in [2.45, 2.75) is 83.4 Å². The van der Waals surface area contributed by atoms with E-state index in [1.165, 1.54) is 29.3 Å². The molecule has 8 fully saturated rings. The summed E-state index contributed by atoms with van der Waals surface area (Å²) < 4.78 is 19.0. The highest BCUT2D eigenvalue weighted by Crippen LogP contribution is 2.37. The second kappa shape index (κ2) is 35.9. The SMILES string of the molecule is CC(C)(C)OC(=O)N1CCNCC1.C[C@@H]1CN(c2ccc(C#N)c3ncccc23)C[C@@H]2CN(c3cc(Br)ccn3)CCN21.C[C@@H]1CN(c2ccc(C#N)c3ncccc23)C[C@@H]2CN(c3ccnc(N4CCNCC4)n3)CCN21.C[C@@H]1CN(c2ccc(C#N)c3ncccc23)C[C@@H]2CNCCN21.Fc1cc(Br)ccn1. The molecule has 3 aromatic carbocycles. The van der Waals surface area contributed by atoms with Gasteiger partial charge in [-0.15, -0.1) is 0 Å². The third-order valence-corrected chi connectivity index (χ3v) is 22.3. The van der Waals surface area contributed by atoms with Crippen molar-refractivity contribution in [2.24, 2.45) is 0 Å². The zero-order chi connectivity index (χ0) is 76.1. The second-order valence-corrected chi connectivity index (χ2v) is 31.6. The third-order valence-electron chi connectivity index (χ3n) is 21.4. The fourth-order valence-electron chi connectivity index (χ4n) is 16.2. The first-order valence-electron chi connectivity index (χ1n) is 37.8. The van der Waals surface area contributed by atoms with Crippen molar-refractivity contribution in [3.63, 3.8) is 0 Å². The monoisotopic (exact) mass is 1600 g/mol. The highest BCUT2D eigenvalue weighted by Gasteiger charge is 2.40. The van der Waals surface area contributed by atoms with Crippen LogP contribution in [-0.4, -0.2) is 253 Å². The zero-order valence-electron chi connectivity index (χ0n) is 62.9. The first-order valence-corrected chi connectivity index (χ1v) is 39.4. The molecule has 0 bridgehead atoms. The number of rotatable bonds is 6. The smallest absolute Gasteiger partial charge is 0.410 e. The molecule has 9 aromatic rings. The fourth-order valence-corrected chi connectivity index (χ4v) is 16.9. The number of benzene rings is 3. The number of nitrogens with one attached hydrogen (secondary N) is 3. The summed E-state index contributed by atoms with van der Waals surface area (Å²) in [4.78, 5) is 66.5. The van der Waals surface area contributed by atoms with Gasteiger partial charge < -0.3 is 55.0 Å². The molecule has 25 nitrogen and oxygen atoms in total. The van der Waals surface area contributed by atoms with Crippen LogP contribution < -0.4 is 45.3 Å². The number of hydrogen-bond donors (Lipinski definition) is 3. The summed E-state index contributed by atoms with van der Waals surface area (Å²) in [6, 6.07) is 42.8. The van der Waals surface area contributed by atoms with Gasteiger partial charge >= 0.3 is 6.09 Å². The van der Waals surface area contributed by atoms with Crippen LogP contribution in [-0.2, 0) is 4.74 Å². The lowest BCUT2D eigenvalue weighted by atomic mass is 10.0. The van der Waals surface area contributed by atoms with Gasteiger partial charge in [0.05, 0.1) is 33.2 Å². The molecule has 6 atom stereocenters. The molecule has 6 aromatic heterocycles. The number of nitriles is 3. The number of carbonyl (C=O) groups excluding carboxylic acids is 1. The maximum atomic E-state index is 12.0. The summed E-state index contributed by atoms with van der Waals surface area (Å²) >= 11 is 6.65. The van der Waals surface area contributed by atoms with E-state index in [0.717, 1.165) is 205 Å². The number of amides is 1. The number of aromatic nitrogens is 7. The van der Waals surface area contributed by atoms with Crippen LogP contribution in [0, 0.1) is 39.9 Å². The van der Waals surface area contributed by atoms with E-state index in [1.54, 1.807) is 29.6 Å². The van der Waals surface area contributed by atoms with Crippen LogP contribution >= 0.6 is 31.9 Å². The van der Waals surface area contributed by atoms with Gasteiger partial charge in [-0.1, -0.05) is 31.9 Å². The highest BCUT2D eigenvalue weighted by molar-refractivity contribution is 9.10. The first-order chi connectivity index (χ1) is 52.9. The van der Waals surface area contributed by atoms with Crippen LogP contribution in [0.1, 0.15) is 58.2 Å². The average molecular weight is 1600 g/mol. The average Bonchev–Trinajstić information content (AvgIpc) is 0.776. The fraction of sp³-hybridized carbons (Fsp3) is 0.444. The number of pyridine rings is 5. The summed E-state index contributed by atoms with van der Waals surface area (Å²) in [5.41, 5.74) is 7.44. The number of carbonyl (C=O) groups is 1. The Labute approximate surface area is 654 Å². The molecule has 0 saturated carbocycles. The van der Waals surface area contributed by atoms with Gasteiger partial charge in [-0.05, 0) is 139 Å². The van der Waals surface area contributed by atoms with E-state index in [2.05, 4.69) is 203 Å². The quantitative estimate of drug-likeness (QED) is 0.131. The predicted octanol–water partition coefficient (Wildman–Crippen LogP) is 9.77. The number of ether oxygens (including phenoxy) is 1. The van der Waals surface area contributed by atoms with E-state index in [-0.39, 0.29) is 11.7 Å². The van der Waals surface area contributed by atoms with Crippen LogP contribution in [0.4, 0.5) is 43.8 Å². The van der Waals surface area contributed by atoms with E-state index < -0.39 is 5.95 Å². The molecule has 17 rings (SSSR count). The molecule has 8 saturated heterocycles. The zero-order valence-corrected chi connectivity index (χ0v) is 66.1. The van der Waals surface area contributed by atoms with E-state index in [9.17, 15) is 25.0 Å². The van der Waals surface area contributed by atoms with Gasteiger partial charge in [0.2, 0.25) is 11.9 Å². The minimum atomic E-state index is -0.459. The molecule has 0 radical (unpaired) electrons. The van der Waals surface area contributed by atoms with E-state index in [1.807, 2.05) is 81.7 Å². The molecule has 14 heterocycles. The van der Waals surface area contributed by atoms with Crippen molar-refractivity contribution >= 4 is 105 Å². The number of hydrogen-bond acceptors (Lipinski definition) is 24. The third kappa shape index (κ3) is 18.8. The minimum absolute atomic E-state index is 0.200. The van der Waals surface area contributed by atoms with Gasteiger partial charge in [-0.3, -0.25) is 29.7 Å². The first kappa shape index (κ1) is 77.6. The van der Waals surface area contributed by atoms with E-state index >= 15 is 0 Å². The van der Waals surface area contributed by atoms with Crippen molar-refractivity contribution in [3.05, 3.63) is 172 Å². The van der Waals surface area contributed by atoms with Crippen molar-refractivity contribution in [1.82, 2.24) is 70.4 Å². The van der Waals surface area contributed by atoms with Crippen LogP contribution in [0.15, 0.2) is 149 Å². The van der Waals surface area contributed by atoms with E-state index in [4.69, 9.17) is 9.72 Å². The molecule has 0 unspecified atom stereocenters. The second-order valence-electron chi connectivity index (χ2n) is 29.8. The Balaban J connectivity index is 0.000000129. The molecular formula is C81H96Br2FN23O2. The standard InChI is InChI=1S/C26H31N9.C23H23BrN6.C18H21N5.C9H18N2O2.C5H3BrFN/c1-19-16-34(23-5-4-20(15-27)25-22(23)3-2-7-29-25)18-21-17-33(13-14-35(19)21)24-6-8-30-26(31-24)32-11-9-28-10-12-32;1-16-13-29(21-5-4-17(12-25)23-20(21)3-2-7-27-23)15-19-14-28(9-10-30(16)19)22-11-18(24)6-8-26-22;1-13-11-22(12-15-10-20-7-8-23(13)15)17-5-4-14(9-19)18-16(17)3-2-6-21-18;1-9(2,3)13-8(12)11-6-4-10-5-7-11;6-4-1-2-8-5(7)3-4/h2-8,19,21,28H,9-14,16-18H2,1H3;2-8,11,16,19H,9-10,13-15H2,1H3;2-6,13,15,20H,7-8,10-12H2,1H3;10H,4-7H2,1-3H3;1-3H/t19-,21+;16-,19+;13-,15+;;/m111../s1. The topological polar surface area (TPSA) is 256 Å². The number of halogens is 3. The van der Waals surface area contributed by atoms with Crippen LogP contribution in [0.2, 0.25) is 0 Å². The Bertz CT molecular complexity index is 4740. The van der Waals surface area contributed by atoms with Gasteiger partial charge in [0.25, 0.3) is 0 Å². The maximum Gasteiger partial charge on any atom is 0.410 e. The Kier molecular flexibility index (Phi) is 25.5. The summed E-state index contributed by atoms with van der Waals surface area (Å²) in [5, 5.41) is 41.6. The molecule has 0 aliphatic carbocycles. The largest absolute Gasteiger partial charge is 0.444 e. The van der Waals surface area contributed by atoms with Crippen molar-refractivity contribution in [3.8, 4) is 18.2 Å². The Morgan fingerprint density at radius 1 is 0.459 bits per heavy atom. The Hall–Kier alpha value is -9.54. The van der Waals surface area contributed by atoms with Gasteiger partial charge in [-0.2, -0.15) is 25.2 Å². The minimum Gasteiger partial charge on any atom is -0.444 e.